The molecule has 0 aromatic carbocycles. The van der Waals surface area contributed by atoms with Crippen molar-refractivity contribution in [1.82, 2.24) is 19.9 Å². The van der Waals surface area contributed by atoms with Crippen molar-refractivity contribution >= 4 is 11.0 Å². The van der Waals surface area contributed by atoms with E-state index in [-0.39, 0.29) is 0 Å². The highest BCUT2D eigenvalue weighted by Crippen LogP contribution is 2.20. The van der Waals surface area contributed by atoms with Crippen LogP contribution in [0.4, 0.5) is 0 Å². The van der Waals surface area contributed by atoms with Gasteiger partial charge in [-0.1, -0.05) is 6.07 Å². The molecule has 0 atom stereocenters. The molecular formula is C16H18N4. The van der Waals surface area contributed by atoms with Gasteiger partial charge in [-0.25, -0.2) is 4.98 Å². The number of hydrogen-bond acceptors (Lipinski definition) is 3. The van der Waals surface area contributed by atoms with E-state index in [1.165, 1.54) is 22.1 Å². The Balaban J connectivity index is 2.03. The summed E-state index contributed by atoms with van der Waals surface area (Å²) in [6.45, 7) is 3.71. The van der Waals surface area contributed by atoms with Crippen molar-refractivity contribution in [1.29, 1.82) is 0 Å². The Morgan fingerprint density at radius 2 is 2.20 bits per heavy atom. The maximum Gasteiger partial charge on any atom is 0.140 e. The summed E-state index contributed by atoms with van der Waals surface area (Å²) < 4.78 is 2.19. The van der Waals surface area contributed by atoms with Crippen molar-refractivity contribution in [3.05, 3.63) is 59.7 Å². The van der Waals surface area contributed by atoms with Crippen molar-refractivity contribution in [2.75, 3.05) is 7.05 Å². The van der Waals surface area contributed by atoms with Crippen LogP contribution in [0.5, 0.6) is 0 Å². The molecule has 0 aliphatic heterocycles. The normalized spacial score (nSPS) is 11.1. The van der Waals surface area contributed by atoms with Crippen LogP contribution in [0.1, 0.15) is 16.7 Å². The van der Waals surface area contributed by atoms with Gasteiger partial charge in [0.2, 0.25) is 0 Å². The lowest BCUT2D eigenvalue weighted by atomic mass is 10.2. The van der Waals surface area contributed by atoms with Gasteiger partial charge in [-0.15, -0.1) is 0 Å². The largest absolute Gasteiger partial charge is 0.328 e. The predicted molar refractivity (Wildman–Crippen MR) is 80.6 cm³/mol. The van der Waals surface area contributed by atoms with Crippen LogP contribution in [0.25, 0.3) is 11.0 Å². The molecule has 0 bridgehead atoms. The highest BCUT2D eigenvalue weighted by Gasteiger charge is 2.09. The Labute approximate surface area is 118 Å². The van der Waals surface area contributed by atoms with Gasteiger partial charge in [0.25, 0.3) is 0 Å². The van der Waals surface area contributed by atoms with Crippen molar-refractivity contribution in [2.45, 2.75) is 20.0 Å². The highest BCUT2D eigenvalue weighted by molar-refractivity contribution is 5.80. The monoisotopic (exact) mass is 266 g/mol. The number of aryl methyl sites for hydroxylation is 1. The van der Waals surface area contributed by atoms with E-state index in [2.05, 4.69) is 45.1 Å². The van der Waals surface area contributed by atoms with E-state index in [9.17, 15) is 0 Å². The highest BCUT2D eigenvalue weighted by atomic mass is 15.0. The van der Waals surface area contributed by atoms with Crippen LogP contribution in [0.2, 0.25) is 0 Å². The van der Waals surface area contributed by atoms with Gasteiger partial charge < -0.3 is 9.88 Å². The summed E-state index contributed by atoms with van der Waals surface area (Å²) in [6, 6.07) is 6.28. The van der Waals surface area contributed by atoms with E-state index in [0.717, 1.165) is 18.7 Å². The van der Waals surface area contributed by atoms with Gasteiger partial charge in [0.1, 0.15) is 5.65 Å². The average molecular weight is 266 g/mol. The second kappa shape index (κ2) is 5.43. The van der Waals surface area contributed by atoms with Crippen molar-refractivity contribution < 1.29 is 0 Å². The number of nitrogens with zero attached hydrogens (tertiary/aromatic N) is 3. The minimum atomic E-state index is 0.798. The molecule has 3 aromatic heterocycles. The first-order valence-electron chi connectivity index (χ1n) is 6.76. The van der Waals surface area contributed by atoms with Crippen LogP contribution in [0.15, 0.2) is 43.0 Å². The average Bonchev–Trinajstić information content (AvgIpc) is 2.78. The Morgan fingerprint density at radius 3 is 3.00 bits per heavy atom. The fourth-order valence-corrected chi connectivity index (χ4v) is 2.55. The van der Waals surface area contributed by atoms with Crippen molar-refractivity contribution in [2.24, 2.45) is 0 Å². The van der Waals surface area contributed by atoms with E-state index in [1.807, 2.05) is 31.7 Å². The Hall–Kier alpha value is -2.20. The molecule has 20 heavy (non-hydrogen) atoms. The first kappa shape index (κ1) is 12.8. The maximum absolute atomic E-state index is 4.52. The first-order chi connectivity index (χ1) is 9.78. The predicted octanol–water partition coefficient (Wildman–Crippen LogP) is 2.51. The summed E-state index contributed by atoms with van der Waals surface area (Å²) in [7, 11) is 1.96. The van der Waals surface area contributed by atoms with Crippen molar-refractivity contribution in [3.63, 3.8) is 0 Å². The van der Waals surface area contributed by atoms with E-state index in [0.29, 0.717) is 0 Å². The summed E-state index contributed by atoms with van der Waals surface area (Å²) in [5.74, 6) is 0. The minimum Gasteiger partial charge on any atom is -0.328 e. The third kappa shape index (κ3) is 2.42. The minimum absolute atomic E-state index is 0.798. The van der Waals surface area contributed by atoms with Gasteiger partial charge in [0.15, 0.2) is 0 Å². The quantitative estimate of drug-likeness (QED) is 0.789. The molecule has 4 nitrogen and oxygen atoms in total. The zero-order chi connectivity index (χ0) is 13.9. The van der Waals surface area contributed by atoms with E-state index in [4.69, 9.17) is 0 Å². The standard InChI is InChI=1S/C16H18N4/c1-12-6-13(8-18-7-12)10-20-11-14(9-17-2)15-4-3-5-19-16(15)20/h3-8,11,17H,9-10H2,1-2H3. The summed E-state index contributed by atoms with van der Waals surface area (Å²) in [4.78, 5) is 8.77. The second-order valence-electron chi connectivity index (χ2n) is 5.06. The molecule has 0 aliphatic rings. The van der Waals surface area contributed by atoms with Crippen LogP contribution >= 0.6 is 0 Å². The molecule has 0 saturated carbocycles. The fraction of sp³-hybridized carbons (Fsp3) is 0.250. The molecule has 3 rings (SSSR count). The smallest absolute Gasteiger partial charge is 0.140 e. The van der Waals surface area contributed by atoms with Gasteiger partial charge in [-0.2, -0.15) is 0 Å². The molecule has 0 spiro atoms. The lowest BCUT2D eigenvalue weighted by Gasteiger charge is -2.05. The molecular weight excluding hydrogens is 248 g/mol. The van der Waals surface area contributed by atoms with Crippen LogP contribution in [0.3, 0.4) is 0 Å². The van der Waals surface area contributed by atoms with E-state index < -0.39 is 0 Å². The maximum atomic E-state index is 4.52. The number of fused-ring (bicyclic) bond motifs is 1. The molecule has 1 N–H and O–H groups in total. The third-order valence-electron chi connectivity index (χ3n) is 3.37. The summed E-state index contributed by atoms with van der Waals surface area (Å²) in [5.41, 5.74) is 4.68. The molecule has 0 saturated heterocycles. The SMILES string of the molecule is CNCc1cn(Cc2cncc(C)c2)c2ncccc12. The fourth-order valence-electron chi connectivity index (χ4n) is 2.55. The number of aromatic nitrogens is 3. The lowest BCUT2D eigenvalue weighted by molar-refractivity contribution is 0.789. The van der Waals surface area contributed by atoms with Gasteiger partial charge in [-0.05, 0) is 42.8 Å². The molecule has 0 radical (unpaired) electrons. The first-order valence-corrected chi connectivity index (χ1v) is 6.76. The summed E-state index contributed by atoms with van der Waals surface area (Å²) in [6.07, 6.45) is 7.81. The Kier molecular flexibility index (Phi) is 3.48. The Morgan fingerprint density at radius 1 is 1.30 bits per heavy atom. The Bertz CT molecular complexity index is 730. The topological polar surface area (TPSA) is 42.7 Å². The van der Waals surface area contributed by atoms with E-state index in [1.54, 1.807) is 0 Å². The number of hydrogen-bond donors (Lipinski definition) is 1. The van der Waals surface area contributed by atoms with Crippen LogP contribution in [-0.4, -0.2) is 21.6 Å². The number of nitrogens with one attached hydrogen (secondary N) is 1. The molecule has 3 aromatic rings. The molecule has 4 heteroatoms. The lowest BCUT2D eigenvalue weighted by Crippen LogP contribution is -2.04. The third-order valence-corrected chi connectivity index (χ3v) is 3.37. The molecule has 102 valence electrons. The molecule has 0 aliphatic carbocycles. The number of rotatable bonds is 4. The molecule has 0 unspecified atom stereocenters. The zero-order valence-electron chi connectivity index (χ0n) is 11.8. The van der Waals surface area contributed by atoms with Gasteiger partial charge >= 0.3 is 0 Å². The van der Waals surface area contributed by atoms with Crippen molar-refractivity contribution in [3.8, 4) is 0 Å². The zero-order valence-corrected chi connectivity index (χ0v) is 11.8. The summed E-state index contributed by atoms with van der Waals surface area (Å²) in [5, 5.41) is 4.42. The van der Waals surface area contributed by atoms with Crippen LogP contribution in [-0.2, 0) is 13.1 Å². The van der Waals surface area contributed by atoms with Crippen LogP contribution < -0.4 is 5.32 Å². The molecule has 3 heterocycles. The van der Waals surface area contributed by atoms with Gasteiger partial charge in [0, 0.05) is 36.7 Å². The van der Waals surface area contributed by atoms with Gasteiger partial charge in [0.05, 0.1) is 6.54 Å². The molecule has 0 fully saturated rings. The van der Waals surface area contributed by atoms with Crippen LogP contribution in [0, 0.1) is 6.92 Å². The number of pyridine rings is 2. The molecule has 0 amide bonds. The van der Waals surface area contributed by atoms with E-state index >= 15 is 0 Å². The second-order valence-corrected chi connectivity index (χ2v) is 5.06. The van der Waals surface area contributed by atoms with Gasteiger partial charge in [-0.3, -0.25) is 4.98 Å². The summed E-state index contributed by atoms with van der Waals surface area (Å²) >= 11 is 0.